The Morgan fingerprint density at radius 2 is 2.00 bits per heavy atom. The molecule has 0 saturated heterocycles. The van der Waals surface area contributed by atoms with Crippen LogP contribution in [0.15, 0.2) is 42.2 Å². The Labute approximate surface area is 167 Å². The summed E-state index contributed by atoms with van der Waals surface area (Å²) in [6, 6.07) is 5.17. The molecule has 0 saturated carbocycles. The molecule has 0 bridgehead atoms. The minimum atomic E-state index is -4.75. The molecule has 0 spiro atoms. The van der Waals surface area contributed by atoms with E-state index in [1.165, 1.54) is 18.2 Å². The smallest absolute Gasteiger partial charge is 0.416 e. The molecule has 0 aliphatic carbocycles. The summed E-state index contributed by atoms with van der Waals surface area (Å²) in [7, 11) is 1.61. The van der Waals surface area contributed by atoms with Crippen LogP contribution in [-0.4, -0.2) is 18.1 Å². The molecule has 6 nitrogen and oxygen atoms in total. The number of likely N-dealkylation sites (N-methyl/N-ethyl adjacent to an activating group) is 1. The number of rotatable bonds is 3. The lowest BCUT2D eigenvalue weighted by atomic mass is 10.1. The van der Waals surface area contributed by atoms with E-state index in [1.807, 2.05) is 0 Å². The van der Waals surface area contributed by atoms with Crippen LogP contribution in [0.25, 0.3) is 0 Å². The number of nitrogens with zero attached hydrogens (tertiary/aromatic N) is 2. The molecular weight excluding hydrogens is 420 g/mol. The minimum absolute atomic E-state index is 0.0617. The molecule has 29 heavy (non-hydrogen) atoms. The number of hydrogen-bond donors (Lipinski definition) is 0. The predicted molar refractivity (Wildman–Crippen MR) is 96.5 cm³/mol. The van der Waals surface area contributed by atoms with Gasteiger partial charge < -0.3 is 14.4 Å². The number of alkyl halides is 3. The third kappa shape index (κ3) is 4.21. The summed E-state index contributed by atoms with van der Waals surface area (Å²) in [5.41, 5.74) is -0.433. The predicted octanol–water partition coefficient (Wildman–Crippen LogP) is 5.63. The fraction of sp³-hybridized carbons (Fsp3) is 0.222. The van der Waals surface area contributed by atoms with E-state index in [0.29, 0.717) is 29.3 Å². The van der Waals surface area contributed by atoms with Crippen molar-refractivity contribution < 1.29 is 32.0 Å². The van der Waals surface area contributed by atoms with Gasteiger partial charge in [-0.2, -0.15) is 13.2 Å². The van der Waals surface area contributed by atoms with Crippen LogP contribution in [0.3, 0.4) is 0 Å². The van der Waals surface area contributed by atoms with Crippen LogP contribution >= 0.6 is 11.6 Å². The van der Waals surface area contributed by atoms with E-state index in [4.69, 9.17) is 21.1 Å². The molecule has 3 rings (SSSR count). The van der Waals surface area contributed by atoms with Gasteiger partial charge in [-0.25, -0.2) is 4.39 Å². The van der Waals surface area contributed by atoms with Gasteiger partial charge in [0.25, 0.3) is 6.20 Å². The first kappa shape index (κ1) is 20.7. The summed E-state index contributed by atoms with van der Waals surface area (Å²) < 4.78 is 63.4. The number of halogens is 5. The third-order valence-corrected chi connectivity index (χ3v) is 4.46. The van der Waals surface area contributed by atoms with E-state index >= 15 is 0 Å². The van der Waals surface area contributed by atoms with Crippen molar-refractivity contribution >= 4 is 17.3 Å². The van der Waals surface area contributed by atoms with Crippen molar-refractivity contribution in [3.8, 4) is 17.2 Å². The zero-order chi connectivity index (χ0) is 21.5. The second kappa shape index (κ2) is 7.43. The molecule has 2 aromatic rings. The van der Waals surface area contributed by atoms with Gasteiger partial charge in [0.15, 0.2) is 11.6 Å². The molecule has 0 aromatic heterocycles. The summed E-state index contributed by atoms with van der Waals surface area (Å²) in [4.78, 5) is 11.7. The fourth-order valence-corrected chi connectivity index (χ4v) is 3.08. The quantitative estimate of drug-likeness (QED) is 0.357. The minimum Gasteiger partial charge on any atom is -0.482 e. The summed E-state index contributed by atoms with van der Waals surface area (Å²) >= 11 is 5.77. The Morgan fingerprint density at radius 1 is 1.31 bits per heavy atom. The summed E-state index contributed by atoms with van der Waals surface area (Å²) in [5.74, 6) is -1.48. The van der Waals surface area contributed by atoms with Crippen LogP contribution < -0.4 is 14.4 Å². The number of benzene rings is 2. The van der Waals surface area contributed by atoms with Crippen molar-refractivity contribution in [2.24, 2.45) is 0 Å². The Balaban J connectivity index is 1.93. The van der Waals surface area contributed by atoms with Crippen LogP contribution in [0, 0.1) is 15.9 Å². The zero-order valence-electron chi connectivity index (χ0n) is 15.0. The van der Waals surface area contributed by atoms with Crippen molar-refractivity contribution in [2.45, 2.75) is 19.2 Å². The zero-order valence-corrected chi connectivity index (χ0v) is 15.7. The van der Waals surface area contributed by atoms with E-state index in [1.54, 1.807) is 18.9 Å². The second-order valence-electron chi connectivity index (χ2n) is 6.16. The van der Waals surface area contributed by atoms with E-state index < -0.39 is 39.4 Å². The highest BCUT2D eigenvalue weighted by atomic mass is 35.5. The number of fused-ring (bicyclic) bond motifs is 1. The van der Waals surface area contributed by atoms with E-state index in [9.17, 15) is 27.7 Å². The summed E-state index contributed by atoms with van der Waals surface area (Å²) in [6.45, 7) is 1.61. The van der Waals surface area contributed by atoms with Gasteiger partial charge in [0, 0.05) is 13.1 Å². The number of ether oxygens (including phenoxy) is 2. The van der Waals surface area contributed by atoms with Gasteiger partial charge in [-0.05, 0) is 31.2 Å². The molecule has 1 heterocycles. The topological polar surface area (TPSA) is 64.8 Å². The van der Waals surface area contributed by atoms with E-state index in [-0.39, 0.29) is 5.75 Å². The molecule has 0 N–H and O–H groups in total. The lowest BCUT2D eigenvalue weighted by Gasteiger charge is -2.33. The van der Waals surface area contributed by atoms with Crippen molar-refractivity contribution in [1.82, 2.24) is 0 Å². The molecule has 11 heteroatoms. The second-order valence-corrected chi connectivity index (χ2v) is 6.56. The van der Waals surface area contributed by atoms with Crippen LogP contribution in [0.2, 0.25) is 5.02 Å². The molecular formula is C18H13ClF4N2O4. The Bertz CT molecular complexity index is 987. The Kier molecular flexibility index (Phi) is 5.31. The van der Waals surface area contributed by atoms with Gasteiger partial charge >= 0.3 is 6.18 Å². The standard InChI is InChI=1S/C18H13ClF4N2O4/c1-9-15(8-25(26)27)24(2)14-4-3-11(7-16(14)28-9)29-17-12(19)5-10(6-13(17)20)18(21,22)23/h3-9H,1-2H3. The highest BCUT2D eigenvalue weighted by Crippen LogP contribution is 2.42. The molecule has 0 fully saturated rings. The fourth-order valence-electron chi connectivity index (χ4n) is 2.83. The van der Waals surface area contributed by atoms with Gasteiger partial charge in [0.2, 0.25) is 0 Å². The van der Waals surface area contributed by atoms with Gasteiger partial charge in [0.05, 0.1) is 21.2 Å². The third-order valence-electron chi connectivity index (χ3n) is 4.18. The maximum Gasteiger partial charge on any atom is 0.416 e. The van der Waals surface area contributed by atoms with E-state index in [0.717, 1.165) is 6.20 Å². The molecule has 0 amide bonds. The molecule has 2 aromatic carbocycles. The number of nitro groups is 1. The van der Waals surface area contributed by atoms with Gasteiger partial charge in [-0.3, -0.25) is 10.1 Å². The molecule has 0 radical (unpaired) electrons. The first-order valence-corrected chi connectivity index (χ1v) is 8.49. The number of anilines is 1. The highest BCUT2D eigenvalue weighted by Gasteiger charge is 2.33. The van der Waals surface area contributed by atoms with Gasteiger partial charge in [0.1, 0.15) is 23.3 Å². The molecule has 1 unspecified atom stereocenters. The van der Waals surface area contributed by atoms with Crippen molar-refractivity contribution in [1.29, 1.82) is 0 Å². The average Bonchev–Trinajstić information content (AvgIpc) is 2.60. The maximum atomic E-state index is 14.1. The van der Waals surface area contributed by atoms with Crippen molar-refractivity contribution in [3.63, 3.8) is 0 Å². The lowest BCUT2D eigenvalue weighted by Crippen LogP contribution is -2.34. The van der Waals surface area contributed by atoms with Crippen molar-refractivity contribution in [3.05, 3.63) is 68.7 Å². The monoisotopic (exact) mass is 432 g/mol. The van der Waals surface area contributed by atoms with Gasteiger partial charge in [-0.15, -0.1) is 0 Å². The lowest BCUT2D eigenvalue weighted by molar-refractivity contribution is -0.404. The summed E-state index contributed by atoms with van der Waals surface area (Å²) in [6.07, 6.45) is -4.58. The molecule has 1 atom stereocenters. The van der Waals surface area contributed by atoms with Crippen LogP contribution in [0.4, 0.5) is 23.2 Å². The average molecular weight is 433 g/mol. The largest absolute Gasteiger partial charge is 0.482 e. The maximum absolute atomic E-state index is 14.1. The Morgan fingerprint density at radius 3 is 2.59 bits per heavy atom. The van der Waals surface area contributed by atoms with Crippen molar-refractivity contribution in [2.75, 3.05) is 11.9 Å². The summed E-state index contributed by atoms with van der Waals surface area (Å²) in [5, 5.41) is 10.2. The van der Waals surface area contributed by atoms with Crippen LogP contribution in [0.5, 0.6) is 17.2 Å². The first-order chi connectivity index (χ1) is 13.5. The van der Waals surface area contributed by atoms with Crippen LogP contribution in [-0.2, 0) is 6.18 Å². The SMILES string of the molecule is CC1Oc2cc(Oc3c(F)cc(C(F)(F)F)cc3Cl)ccc2N(C)C1=C[N+](=O)[O-]. The molecule has 1 aliphatic rings. The molecule has 1 aliphatic heterocycles. The van der Waals surface area contributed by atoms with Gasteiger partial charge in [-0.1, -0.05) is 11.6 Å². The number of hydrogen-bond acceptors (Lipinski definition) is 5. The highest BCUT2D eigenvalue weighted by molar-refractivity contribution is 6.32. The van der Waals surface area contributed by atoms with E-state index in [2.05, 4.69) is 0 Å². The normalized spacial score (nSPS) is 17.7. The first-order valence-electron chi connectivity index (χ1n) is 8.11. The Hall–Kier alpha value is -3.01. The van der Waals surface area contributed by atoms with Crippen LogP contribution in [0.1, 0.15) is 12.5 Å². The molecule has 154 valence electrons.